The van der Waals surface area contributed by atoms with Crippen molar-refractivity contribution in [3.05, 3.63) is 46.6 Å². The van der Waals surface area contributed by atoms with Crippen molar-refractivity contribution in [2.45, 2.75) is 98.3 Å². The third-order valence-electron chi connectivity index (χ3n) is 5.39. The van der Waals surface area contributed by atoms with Crippen LogP contribution >= 0.6 is 0 Å². The van der Waals surface area contributed by atoms with Crippen LogP contribution in [0, 0.1) is 0 Å². The van der Waals surface area contributed by atoms with E-state index in [1.54, 1.807) is 0 Å². The summed E-state index contributed by atoms with van der Waals surface area (Å²) in [6.45, 7) is 12.9. The third-order valence-corrected chi connectivity index (χ3v) is 5.39. The Hall–Kier alpha value is -1.70. The molecule has 0 radical (unpaired) electrons. The topological polar surface area (TPSA) is 40.5 Å². The molecule has 0 bridgehead atoms. The van der Waals surface area contributed by atoms with Gasteiger partial charge in [0, 0.05) is 5.56 Å². The highest BCUT2D eigenvalue weighted by Gasteiger charge is 2.23. The number of allylic oxidation sites excluding steroid dienone is 4. The molecule has 27 heavy (non-hydrogen) atoms. The first-order valence-corrected chi connectivity index (χ1v) is 10.5. The van der Waals surface area contributed by atoms with Gasteiger partial charge in [0.25, 0.3) is 0 Å². The molecule has 0 saturated carbocycles. The molecule has 0 aliphatic heterocycles. The Balaban J connectivity index is 2.81. The van der Waals surface area contributed by atoms with Crippen LogP contribution in [-0.2, 0) is 11.8 Å². The van der Waals surface area contributed by atoms with E-state index in [1.807, 2.05) is 12.1 Å². The van der Waals surface area contributed by atoms with E-state index in [0.717, 1.165) is 24.8 Å². The van der Waals surface area contributed by atoms with Gasteiger partial charge in [-0.15, -0.1) is 0 Å². The molecule has 0 atom stereocenters. The van der Waals surface area contributed by atoms with E-state index in [2.05, 4.69) is 53.7 Å². The number of phenols is 2. The molecule has 0 unspecified atom stereocenters. The molecule has 0 aliphatic rings. The smallest absolute Gasteiger partial charge is 0.123 e. The van der Waals surface area contributed by atoms with Crippen molar-refractivity contribution in [2.75, 3.05) is 0 Å². The Kier molecular flexibility index (Phi) is 9.69. The summed E-state index contributed by atoms with van der Waals surface area (Å²) < 4.78 is 0. The molecule has 1 aromatic carbocycles. The SMILES string of the molecule is CCCCCCC(C)(C)c1cc(O)c(C/C=C(\C)CCC=C(C)C)c(O)c1. The molecule has 1 rings (SSSR count). The summed E-state index contributed by atoms with van der Waals surface area (Å²) in [5, 5.41) is 21.0. The normalized spacial score (nSPS) is 12.3. The highest BCUT2D eigenvalue weighted by molar-refractivity contribution is 5.49. The highest BCUT2D eigenvalue weighted by atomic mass is 16.3. The Morgan fingerprint density at radius 2 is 1.59 bits per heavy atom. The third kappa shape index (κ3) is 8.24. The number of hydrogen-bond donors (Lipinski definition) is 2. The zero-order chi connectivity index (χ0) is 20.4. The molecule has 0 aliphatic carbocycles. The Labute approximate surface area is 167 Å². The van der Waals surface area contributed by atoms with Crippen LogP contribution in [-0.4, -0.2) is 10.2 Å². The van der Waals surface area contributed by atoms with E-state index in [9.17, 15) is 10.2 Å². The van der Waals surface area contributed by atoms with Gasteiger partial charge < -0.3 is 10.2 Å². The predicted molar refractivity (Wildman–Crippen MR) is 118 cm³/mol. The van der Waals surface area contributed by atoms with Crippen LogP contribution in [0.15, 0.2) is 35.4 Å². The zero-order valence-electron chi connectivity index (χ0n) is 18.4. The average molecular weight is 373 g/mol. The predicted octanol–water partition coefficient (Wildman–Crippen LogP) is 7.58. The second kappa shape index (κ2) is 11.2. The van der Waals surface area contributed by atoms with Crippen molar-refractivity contribution < 1.29 is 10.2 Å². The van der Waals surface area contributed by atoms with Crippen LogP contribution in [0.5, 0.6) is 11.5 Å². The van der Waals surface area contributed by atoms with Gasteiger partial charge in [0.1, 0.15) is 11.5 Å². The highest BCUT2D eigenvalue weighted by Crippen LogP contribution is 2.37. The molecule has 0 saturated heterocycles. The van der Waals surface area contributed by atoms with Crippen LogP contribution < -0.4 is 0 Å². The maximum Gasteiger partial charge on any atom is 0.123 e. The number of benzene rings is 1. The fourth-order valence-electron chi connectivity index (χ4n) is 3.35. The molecule has 2 N–H and O–H groups in total. The summed E-state index contributed by atoms with van der Waals surface area (Å²) in [5.74, 6) is 0.417. The molecule has 152 valence electrons. The molecule has 0 amide bonds. The molecular weight excluding hydrogens is 332 g/mol. The molecule has 0 fully saturated rings. The fraction of sp³-hybridized carbons (Fsp3) is 0.600. The lowest BCUT2D eigenvalue weighted by molar-refractivity contribution is 0.418. The Morgan fingerprint density at radius 3 is 2.15 bits per heavy atom. The standard InChI is InChI=1S/C25H40O2/c1-7-8-9-10-16-25(5,6)21-17-23(26)22(24(27)18-21)15-14-20(4)13-11-12-19(2)3/h12,14,17-18,26-27H,7-11,13,15-16H2,1-6H3/b20-14+. The van der Waals surface area contributed by atoms with Crippen molar-refractivity contribution >= 4 is 0 Å². The number of unbranched alkanes of at least 4 members (excludes halogenated alkanes) is 3. The van der Waals surface area contributed by atoms with Crippen molar-refractivity contribution in [3.63, 3.8) is 0 Å². The molecule has 0 heterocycles. The van der Waals surface area contributed by atoms with Crippen molar-refractivity contribution in [1.82, 2.24) is 0 Å². The average Bonchev–Trinajstić information content (AvgIpc) is 2.57. The Bertz CT molecular complexity index is 623. The maximum absolute atomic E-state index is 10.5. The first-order valence-electron chi connectivity index (χ1n) is 10.5. The quantitative estimate of drug-likeness (QED) is 0.310. The van der Waals surface area contributed by atoms with E-state index in [0.29, 0.717) is 12.0 Å². The fourth-order valence-corrected chi connectivity index (χ4v) is 3.35. The van der Waals surface area contributed by atoms with Crippen molar-refractivity contribution in [1.29, 1.82) is 0 Å². The number of rotatable bonds is 11. The second-order valence-corrected chi connectivity index (χ2v) is 8.76. The first-order chi connectivity index (χ1) is 12.7. The summed E-state index contributed by atoms with van der Waals surface area (Å²) in [5.41, 5.74) is 4.22. The molecule has 2 nitrogen and oxygen atoms in total. The van der Waals surface area contributed by atoms with Crippen LogP contribution in [0.2, 0.25) is 0 Å². The van der Waals surface area contributed by atoms with Gasteiger partial charge in [0.05, 0.1) is 0 Å². The minimum Gasteiger partial charge on any atom is -0.508 e. The first kappa shape index (κ1) is 23.3. The monoisotopic (exact) mass is 372 g/mol. The van der Waals surface area contributed by atoms with Gasteiger partial charge in [-0.3, -0.25) is 0 Å². The van der Waals surface area contributed by atoms with Gasteiger partial charge >= 0.3 is 0 Å². The minimum absolute atomic E-state index is 0.0443. The van der Waals surface area contributed by atoms with Crippen LogP contribution in [0.25, 0.3) is 0 Å². The van der Waals surface area contributed by atoms with Crippen molar-refractivity contribution in [3.8, 4) is 11.5 Å². The van der Waals surface area contributed by atoms with Gasteiger partial charge in [-0.1, -0.05) is 69.8 Å². The lowest BCUT2D eigenvalue weighted by Crippen LogP contribution is -2.17. The summed E-state index contributed by atoms with van der Waals surface area (Å²) in [4.78, 5) is 0. The minimum atomic E-state index is -0.0443. The molecule has 1 aromatic rings. The molecule has 0 aromatic heterocycles. The summed E-state index contributed by atoms with van der Waals surface area (Å²) >= 11 is 0. The lowest BCUT2D eigenvalue weighted by atomic mass is 9.79. The van der Waals surface area contributed by atoms with Crippen LogP contribution in [0.3, 0.4) is 0 Å². The van der Waals surface area contributed by atoms with Crippen molar-refractivity contribution in [2.24, 2.45) is 0 Å². The maximum atomic E-state index is 10.5. The zero-order valence-corrected chi connectivity index (χ0v) is 18.4. The largest absolute Gasteiger partial charge is 0.508 e. The van der Waals surface area contributed by atoms with Crippen LogP contribution in [0.1, 0.15) is 97.6 Å². The van der Waals surface area contributed by atoms with Gasteiger partial charge in [-0.25, -0.2) is 0 Å². The van der Waals surface area contributed by atoms with E-state index in [1.165, 1.54) is 36.8 Å². The number of hydrogen-bond acceptors (Lipinski definition) is 2. The lowest BCUT2D eigenvalue weighted by Gasteiger charge is -2.26. The van der Waals surface area contributed by atoms with E-state index in [-0.39, 0.29) is 16.9 Å². The van der Waals surface area contributed by atoms with Crippen LogP contribution in [0.4, 0.5) is 0 Å². The molecule has 0 spiro atoms. The van der Waals surface area contributed by atoms with Gasteiger partial charge in [0.15, 0.2) is 0 Å². The van der Waals surface area contributed by atoms with E-state index < -0.39 is 0 Å². The summed E-state index contributed by atoms with van der Waals surface area (Å²) in [6.07, 6.45) is 13.0. The number of aromatic hydroxyl groups is 2. The molecule has 2 heteroatoms. The van der Waals surface area contributed by atoms with E-state index >= 15 is 0 Å². The summed E-state index contributed by atoms with van der Waals surface area (Å²) in [6, 6.07) is 3.70. The Morgan fingerprint density at radius 1 is 0.963 bits per heavy atom. The van der Waals surface area contributed by atoms with E-state index in [4.69, 9.17) is 0 Å². The van der Waals surface area contributed by atoms with Gasteiger partial charge in [-0.2, -0.15) is 0 Å². The summed E-state index contributed by atoms with van der Waals surface area (Å²) in [7, 11) is 0. The number of phenolic OH excluding ortho intramolecular Hbond substituents is 2. The van der Waals surface area contributed by atoms with Gasteiger partial charge in [-0.05, 0) is 69.6 Å². The second-order valence-electron chi connectivity index (χ2n) is 8.76. The molecular formula is C25H40O2. The van der Waals surface area contributed by atoms with Gasteiger partial charge in [0.2, 0.25) is 0 Å².